The second-order valence-corrected chi connectivity index (χ2v) is 5.47. The number of carboxylic acid groups (broad SMARTS) is 1. The third-order valence-corrected chi connectivity index (χ3v) is 4.02. The molecule has 2 aromatic rings. The Bertz CT molecular complexity index is 646. The van der Waals surface area contributed by atoms with Crippen LogP contribution in [0.15, 0.2) is 24.3 Å². The Labute approximate surface area is 116 Å². The number of tetrazole rings is 1. The Morgan fingerprint density at radius 1 is 1.45 bits per heavy atom. The summed E-state index contributed by atoms with van der Waals surface area (Å²) >= 11 is 0. The fraction of sp³-hybridized carbons (Fsp3) is 0.429. The highest BCUT2D eigenvalue weighted by Gasteiger charge is 2.45. The summed E-state index contributed by atoms with van der Waals surface area (Å²) in [5.41, 5.74) is 1.33. The molecule has 0 atom stereocenters. The van der Waals surface area contributed by atoms with Gasteiger partial charge in [-0.3, -0.25) is 4.79 Å². The van der Waals surface area contributed by atoms with Gasteiger partial charge in [0.05, 0.1) is 12.0 Å². The van der Waals surface area contributed by atoms with Crippen molar-refractivity contribution in [2.75, 3.05) is 0 Å². The van der Waals surface area contributed by atoms with Crippen molar-refractivity contribution < 1.29 is 9.90 Å². The van der Waals surface area contributed by atoms with Gasteiger partial charge < -0.3 is 5.11 Å². The van der Waals surface area contributed by atoms with Gasteiger partial charge in [-0.05, 0) is 36.3 Å². The lowest BCUT2D eigenvalue weighted by Gasteiger charge is -2.37. The lowest BCUT2D eigenvalue weighted by molar-refractivity contribution is -0.156. The van der Waals surface area contributed by atoms with Gasteiger partial charge >= 0.3 is 5.97 Å². The minimum absolute atomic E-state index is 0.332. The van der Waals surface area contributed by atoms with Gasteiger partial charge in [0.25, 0.3) is 0 Å². The topological polar surface area (TPSA) is 80.9 Å². The number of aliphatic carboxylic acids is 1. The first-order valence-electron chi connectivity index (χ1n) is 6.67. The summed E-state index contributed by atoms with van der Waals surface area (Å²) in [7, 11) is 0. The third kappa shape index (κ3) is 2.07. The highest BCUT2D eigenvalue weighted by atomic mass is 16.4. The first-order valence-corrected chi connectivity index (χ1v) is 6.67. The molecule has 0 amide bonds. The molecule has 0 radical (unpaired) electrons. The van der Waals surface area contributed by atoms with Crippen LogP contribution >= 0.6 is 0 Å². The Morgan fingerprint density at radius 3 is 2.85 bits per heavy atom. The second-order valence-electron chi connectivity index (χ2n) is 5.47. The zero-order valence-electron chi connectivity index (χ0n) is 11.3. The van der Waals surface area contributed by atoms with Crippen molar-refractivity contribution in [2.45, 2.75) is 32.7 Å². The van der Waals surface area contributed by atoms with E-state index in [4.69, 9.17) is 0 Å². The van der Waals surface area contributed by atoms with E-state index in [-0.39, 0.29) is 0 Å². The van der Waals surface area contributed by atoms with Crippen LogP contribution in [-0.2, 0) is 11.3 Å². The normalized spacial score (nSPS) is 16.6. The molecule has 0 aliphatic heterocycles. The van der Waals surface area contributed by atoms with Gasteiger partial charge in [0.1, 0.15) is 0 Å². The van der Waals surface area contributed by atoms with E-state index in [1.807, 2.05) is 31.2 Å². The maximum absolute atomic E-state index is 11.4. The van der Waals surface area contributed by atoms with Crippen LogP contribution in [-0.4, -0.2) is 31.3 Å². The molecular formula is C14H16N4O2. The molecule has 104 valence electrons. The molecule has 1 heterocycles. The van der Waals surface area contributed by atoms with Crippen molar-refractivity contribution in [2.24, 2.45) is 5.41 Å². The monoisotopic (exact) mass is 272 g/mol. The number of carboxylic acids is 1. The minimum atomic E-state index is -0.755. The summed E-state index contributed by atoms with van der Waals surface area (Å²) in [6.07, 6.45) is 2.33. The molecule has 1 saturated carbocycles. The van der Waals surface area contributed by atoms with E-state index in [0.29, 0.717) is 25.2 Å². The highest BCUT2D eigenvalue weighted by Crippen LogP contribution is 2.43. The molecule has 1 aliphatic carbocycles. The van der Waals surface area contributed by atoms with Crippen LogP contribution in [0.5, 0.6) is 0 Å². The van der Waals surface area contributed by atoms with E-state index < -0.39 is 11.4 Å². The smallest absolute Gasteiger partial charge is 0.311 e. The van der Waals surface area contributed by atoms with Gasteiger partial charge in [-0.15, -0.1) is 5.10 Å². The molecule has 0 spiro atoms. The Balaban J connectivity index is 1.93. The van der Waals surface area contributed by atoms with Crippen molar-refractivity contribution in [3.63, 3.8) is 0 Å². The van der Waals surface area contributed by atoms with Gasteiger partial charge in [0, 0.05) is 5.56 Å². The summed E-state index contributed by atoms with van der Waals surface area (Å²) < 4.78 is 1.61. The average molecular weight is 272 g/mol. The lowest BCUT2D eigenvalue weighted by Crippen LogP contribution is -2.42. The SMILES string of the molecule is Cc1cccc(-c2nnnn2CC2(C(=O)O)CCC2)c1. The van der Waals surface area contributed by atoms with Crippen molar-refractivity contribution in [3.8, 4) is 11.4 Å². The Morgan fingerprint density at radius 2 is 2.25 bits per heavy atom. The summed E-state index contributed by atoms with van der Waals surface area (Å²) in [5, 5.41) is 21.1. The molecular weight excluding hydrogens is 256 g/mol. The van der Waals surface area contributed by atoms with Gasteiger partial charge in [-0.1, -0.05) is 30.2 Å². The van der Waals surface area contributed by atoms with Crippen molar-refractivity contribution in [1.29, 1.82) is 0 Å². The van der Waals surface area contributed by atoms with Crippen molar-refractivity contribution in [3.05, 3.63) is 29.8 Å². The third-order valence-electron chi connectivity index (χ3n) is 4.02. The lowest BCUT2D eigenvalue weighted by atomic mass is 9.69. The standard InChI is InChI=1S/C14H16N4O2/c1-10-4-2-5-11(8-10)12-15-16-17-18(12)9-14(13(19)20)6-3-7-14/h2,4-5,8H,3,6-7,9H2,1H3,(H,19,20). The molecule has 3 rings (SSSR count). The van der Waals surface area contributed by atoms with E-state index in [2.05, 4.69) is 15.5 Å². The number of aryl methyl sites for hydroxylation is 1. The fourth-order valence-electron chi connectivity index (χ4n) is 2.63. The molecule has 1 aliphatic rings. The van der Waals surface area contributed by atoms with Crippen LogP contribution in [0.2, 0.25) is 0 Å². The van der Waals surface area contributed by atoms with Crippen molar-refractivity contribution in [1.82, 2.24) is 20.2 Å². The quantitative estimate of drug-likeness (QED) is 0.919. The van der Waals surface area contributed by atoms with Crippen LogP contribution < -0.4 is 0 Å². The van der Waals surface area contributed by atoms with E-state index in [9.17, 15) is 9.90 Å². The van der Waals surface area contributed by atoms with Crippen LogP contribution in [0.3, 0.4) is 0 Å². The maximum atomic E-state index is 11.4. The Kier molecular flexibility index (Phi) is 3.00. The number of aromatic nitrogens is 4. The number of nitrogens with zero attached hydrogens (tertiary/aromatic N) is 4. The van der Waals surface area contributed by atoms with Crippen LogP contribution in [0.4, 0.5) is 0 Å². The number of rotatable bonds is 4. The number of hydrogen-bond acceptors (Lipinski definition) is 4. The van der Waals surface area contributed by atoms with Crippen LogP contribution in [0.1, 0.15) is 24.8 Å². The summed E-state index contributed by atoms with van der Waals surface area (Å²) in [5.74, 6) is -0.129. The molecule has 1 N–H and O–H groups in total. The first-order chi connectivity index (χ1) is 9.61. The van der Waals surface area contributed by atoms with Gasteiger partial charge in [-0.2, -0.15) is 0 Å². The van der Waals surface area contributed by atoms with E-state index in [1.54, 1.807) is 4.68 Å². The molecule has 0 bridgehead atoms. The van der Waals surface area contributed by atoms with Gasteiger partial charge in [0.15, 0.2) is 5.82 Å². The largest absolute Gasteiger partial charge is 0.481 e. The van der Waals surface area contributed by atoms with Crippen molar-refractivity contribution >= 4 is 5.97 Å². The predicted octanol–water partition coefficient (Wildman–Crippen LogP) is 1.90. The van der Waals surface area contributed by atoms with E-state index in [0.717, 1.165) is 17.5 Å². The molecule has 0 unspecified atom stereocenters. The molecule has 6 heteroatoms. The van der Waals surface area contributed by atoms with E-state index >= 15 is 0 Å². The van der Waals surface area contributed by atoms with E-state index in [1.165, 1.54) is 0 Å². The highest BCUT2D eigenvalue weighted by molar-refractivity contribution is 5.75. The van der Waals surface area contributed by atoms with Crippen LogP contribution in [0, 0.1) is 12.3 Å². The molecule has 0 saturated heterocycles. The maximum Gasteiger partial charge on any atom is 0.311 e. The molecule has 6 nitrogen and oxygen atoms in total. The summed E-state index contributed by atoms with van der Waals surface area (Å²) in [6.45, 7) is 2.33. The zero-order chi connectivity index (χ0) is 14.2. The zero-order valence-corrected chi connectivity index (χ0v) is 11.3. The molecule has 1 aromatic carbocycles. The predicted molar refractivity (Wildman–Crippen MR) is 71.9 cm³/mol. The molecule has 20 heavy (non-hydrogen) atoms. The number of benzene rings is 1. The first kappa shape index (κ1) is 12.8. The number of carbonyl (C=O) groups is 1. The minimum Gasteiger partial charge on any atom is -0.481 e. The fourth-order valence-corrected chi connectivity index (χ4v) is 2.63. The number of hydrogen-bond donors (Lipinski definition) is 1. The summed E-state index contributed by atoms with van der Waals surface area (Å²) in [6, 6.07) is 7.88. The van der Waals surface area contributed by atoms with Gasteiger partial charge in [0.2, 0.25) is 0 Å². The Hall–Kier alpha value is -2.24. The molecule has 1 aromatic heterocycles. The van der Waals surface area contributed by atoms with Crippen LogP contribution in [0.25, 0.3) is 11.4 Å². The average Bonchev–Trinajstić information content (AvgIpc) is 2.81. The van der Waals surface area contributed by atoms with Gasteiger partial charge in [-0.25, -0.2) is 4.68 Å². The second kappa shape index (κ2) is 4.70. The summed E-state index contributed by atoms with van der Waals surface area (Å²) in [4.78, 5) is 11.4. The molecule has 1 fully saturated rings.